The minimum absolute atomic E-state index is 0.0964. The first kappa shape index (κ1) is 15.0. The number of thiophene rings is 1. The number of aliphatic hydroxyl groups is 1. The molecular weight excluding hydrogens is 282 g/mol. The van der Waals surface area contributed by atoms with Crippen LogP contribution in [-0.4, -0.2) is 20.1 Å². The van der Waals surface area contributed by atoms with E-state index in [2.05, 4.69) is 11.6 Å². The summed E-state index contributed by atoms with van der Waals surface area (Å²) in [5.74, 6) is 0. The number of nitrogens with one attached hydrogen (secondary N) is 1. The molecule has 2 rings (SSSR count). The lowest BCUT2D eigenvalue weighted by molar-refractivity contribution is 0.285. The highest BCUT2D eigenvalue weighted by atomic mass is 32.2. The largest absolute Gasteiger partial charge is 0.391 e. The molecule has 108 valence electrons. The Labute approximate surface area is 118 Å². The molecule has 1 aromatic heterocycles. The van der Waals surface area contributed by atoms with Crippen LogP contribution in [0.15, 0.2) is 10.3 Å². The van der Waals surface area contributed by atoms with Gasteiger partial charge in [-0.2, -0.15) is 0 Å². The molecule has 19 heavy (non-hydrogen) atoms. The number of sulfonamides is 1. The Hall–Kier alpha value is -0.430. The fourth-order valence-electron chi connectivity index (χ4n) is 2.52. The second-order valence-corrected chi connectivity index (χ2v) is 8.80. The smallest absolute Gasteiger partial charge is 0.250 e. The quantitative estimate of drug-likeness (QED) is 0.878. The van der Waals surface area contributed by atoms with Crippen LogP contribution < -0.4 is 4.72 Å². The van der Waals surface area contributed by atoms with Crippen LogP contribution in [0.3, 0.4) is 0 Å². The van der Waals surface area contributed by atoms with Crippen LogP contribution in [0.25, 0.3) is 0 Å². The van der Waals surface area contributed by atoms with Gasteiger partial charge in [0.15, 0.2) is 0 Å². The van der Waals surface area contributed by atoms with Gasteiger partial charge in [-0.15, -0.1) is 11.3 Å². The molecule has 0 aromatic carbocycles. The standard InChI is InChI=1S/C13H21NO3S2/c1-10-7-12(18-11(10)8-15)19(16,17)14-9-13(2)5-3-4-6-13/h7,14-15H,3-6,8-9H2,1-2H3. The Balaban J connectivity index is 2.09. The van der Waals surface area contributed by atoms with Crippen molar-refractivity contribution >= 4 is 21.4 Å². The summed E-state index contributed by atoms with van der Waals surface area (Å²) in [6.45, 7) is 4.35. The first-order chi connectivity index (χ1) is 8.86. The molecule has 0 saturated heterocycles. The van der Waals surface area contributed by atoms with Crippen LogP contribution in [0.5, 0.6) is 0 Å². The minimum atomic E-state index is -3.44. The van der Waals surface area contributed by atoms with Crippen molar-refractivity contribution in [2.24, 2.45) is 5.41 Å². The molecule has 4 nitrogen and oxygen atoms in total. The first-order valence-electron chi connectivity index (χ1n) is 6.56. The molecule has 0 bridgehead atoms. The zero-order chi connectivity index (χ0) is 14.1. The molecule has 1 aliphatic carbocycles. The van der Waals surface area contributed by atoms with E-state index in [-0.39, 0.29) is 12.0 Å². The van der Waals surface area contributed by atoms with Crippen molar-refractivity contribution in [3.8, 4) is 0 Å². The van der Waals surface area contributed by atoms with E-state index in [0.717, 1.165) is 29.7 Å². The molecular formula is C13H21NO3S2. The number of aryl methyl sites for hydroxylation is 1. The van der Waals surface area contributed by atoms with E-state index in [0.29, 0.717) is 15.6 Å². The van der Waals surface area contributed by atoms with Crippen molar-refractivity contribution in [1.29, 1.82) is 0 Å². The van der Waals surface area contributed by atoms with E-state index in [1.54, 1.807) is 6.07 Å². The van der Waals surface area contributed by atoms with Gasteiger partial charge in [0.2, 0.25) is 10.0 Å². The number of hydrogen-bond acceptors (Lipinski definition) is 4. The molecule has 0 radical (unpaired) electrons. The maximum Gasteiger partial charge on any atom is 0.250 e. The van der Waals surface area contributed by atoms with Gasteiger partial charge < -0.3 is 5.11 Å². The predicted octanol–water partition coefficient (Wildman–Crippen LogP) is 2.41. The molecule has 0 aliphatic heterocycles. The van der Waals surface area contributed by atoms with Crippen molar-refractivity contribution in [3.63, 3.8) is 0 Å². The van der Waals surface area contributed by atoms with Gasteiger partial charge in [-0.25, -0.2) is 13.1 Å². The lowest BCUT2D eigenvalue weighted by Gasteiger charge is -2.23. The van der Waals surface area contributed by atoms with Crippen LogP contribution in [0.2, 0.25) is 0 Å². The Morgan fingerprint density at radius 3 is 2.58 bits per heavy atom. The van der Waals surface area contributed by atoms with Crippen LogP contribution in [0.1, 0.15) is 43.0 Å². The topological polar surface area (TPSA) is 66.4 Å². The molecule has 1 aliphatic rings. The fourth-order valence-corrected chi connectivity index (χ4v) is 5.22. The average molecular weight is 303 g/mol. The Morgan fingerprint density at radius 1 is 1.42 bits per heavy atom. The third-order valence-corrected chi connectivity index (χ3v) is 7.00. The molecule has 1 heterocycles. The van der Waals surface area contributed by atoms with E-state index in [9.17, 15) is 8.42 Å². The Kier molecular flexibility index (Phi) is 4.35. The summed E-state index contributed by atoms with van der Waals surface area (Å²) < 4.78 is 27.5. The van der Waals surface area contributed by atoms with E-state index in [1.165, 1.54) is 12.8 Å². The van der Waals surface area contributed by atoms with Crippen molar-refractivity contribution < 1.29 is 13.5 Å². The molecule has 6 heteroatoms. The second-order valence-electron chi connectivity index (χ2n) is 5.67. The highest BCUT2D eigenvalue weighted by Crippen LogP contribution is 2.37. The molecule has 0 amide bonds. The monoisotopic (exact) mass is 303 g/mol. The zero-order valence-electron chi connectivity index (χ0n) is 11.4. The molecule has 0 spiro atoms. The maximum absolute atomic E-state index is 12.2. The van der Waals surface area contributed by atoms with Crippen LogP contribution in [-0.2, 0) is 16.6 Å². The molecule has 0 unspecified atom stereocenters. The van der Waals surface area contributed by atoms with Crippen molar-refractivity contribution in [1.82, 2.24) is 4.72 Å². The summed E-state index contributed by atoms with van der Waals surface area (Å²) in [5.41, 5.74) is 0.930. The summed E-state index contributed by atoms with van der Waals surface area (Å²) in [6, 6.07) is 1.63. The predicted molar refractivity (Wildman–Crippen MR) is 76.7 cm³/mol. The summed E-state index contributed by atoms with van der Waals surface area (Å²) >= 11 is 1.15. The lowest BCUT2D eigenvalue weighted by Crippen LogP contribution is -2.33. The van der Waals surface area contributed by atoms with Crippen LogP contribution >= 0.6 is 11.3 Å². The third kappa shape index (κ3) is 3.37. The molecule has 1 aromatic rings. The minimum Gasteiger partial charge on any atom is -0.391 e. The average Bonchev–Trinajstić information content (AvgIpc) is 2.94. The third-order valence-electron chi connectivity index (χ3n) is 3.91. The SMILES string of the molecule is Cc1cc(S(=O)(=O)NCC2(C)CCCC2)sc1CO. The molecule has 1 fully saturated rings. The van der Waals surface area contributed by atoms with Gasteiger partial charge >= 0.3 is 0 Å². The van der Waals surface area contributed by atoms with E-state index in [4.69, 9.17) is 5.11 Å². The van der Waals surface area contributed by atoms with E-state index < -0.39 is 10.0 Å². The van der Waals surface area contributed by atoms with Gasteiger partial charge in [-0.1, -0.05) is 19.8 Å². The zero-order valence-corrected chi connectivity index (χ0v) is 13.0. The number of hydrogen-bond donors (Lipinski definition) is 2. The van der Waals surface area contributed by atoms with Gasteiger partial charge in [0.1, 0.15) is 4.21 Å². The van der Waals surface area contributed by atoms with Gasteiger partial charge in [-0.05, 0) is 36.8 Å². The van der Waals surface area contributed by atoms with Crippen LogP contribution in [0, 0.1) is 12.3 Å². The highest BCUT2D eigenvalue weighted by molar-refractivity contribution is 7.91. The fraction of sp³-hybridized carbons (Fsp3) is 0.692. The maximum atomic E-state index is 12.2. The van der Waals surface area contributed by atoms with E-state index >= 15 is 0 Å². The van der Waals surface area contributed by atoms with Gasteiger partial charge in [0, 0.05) is 11.4 Å². The van der Waals surface area contributed by atoms with Crippen molar-refractivity contribution in [3.05, 3.63) is 16.5 Å². The normalized spacial score (nSPS) is 18.9. The molecule has 2 N–H and O–H groups in total. The van der Waals surface area contributed by atoms with Crippen LogP contribution in [0.4, 0.5) is 0 Å². The second kappa shape index (κ2) is 5.52. The highest BCUT2D eigenvalue weighted by Gasteiger charge is 2.30. The Morgan fingerprint density at radius 2 is 2.05 bits per heavy atom. The van der Waals surface area contributed by atoms with Gasteiger partial charge in [0.25, 0.3) is 0 Å². The molecule has 0 atom stereocenters. The number of rotatable bonds is 5. The first-order valence-corrected chi connectivity index (χ1v) is 8.86. The molecule has 1 saturated carbocycles. The Bertz CT molecular complexity index is 542. The summed E-state index contributed by atoms with van der Waals surface area (Å²) in [7, 11) is -3.44. The van der Waals surface area contributed by atoms with Gasteiger partial charge in [-0.3, -0.25) is 0 Å². The summed E-state index contributed by atoms with van der Waals surface area (Å²) in [6.07, 6.45) is 4.54. The summed E-state index contributed by atoms with van der Waals surface area (Å²) in [4.78, 5) is 0.715. The van der Waals surface area contributed by atoms with E-state index in [1.807, 2.05) is 6.92 Å². The van der Waals surface area contributed by atoms with Gasteiger partial charge in [0.05, 0.1) is 6.61 Å². The van der Waals surface area contributed by atoms with Crippen molar-refractivity contribution in [2.45, 2.75) is 50.3 Å². The van der Waals surface area contributed by atoms with Crippen molar-refractivity contribution in [2.75, 3.05) is 6.54 Å². The number of aliphatic hydroxyl groups excluding tert-OH is 1. The lowest BCUT2D eigenvalue weighted by atomic mass is 9.89. The summed E-state index contributed by atoms with van der Waals surface area (Å²) in [5, 5.41) is 9.14.